The van der Waals surface area contributed by atoms with Gasteiger partial charge in [0.1, 0.15) is 18.0 Å². The minimum absolute atomic E-state index is 0.156. The third kappa shape index (κ3) is 3.80. The van der Waals surface area contributed by atoms with Crippen LogP contribution in [-0.4, -0.2) is 47.8 Å². The van der Waals surface area contributed by atoms with E-state index < -0.39 is 5.60 Å². The van der Waals surface area contributed by atoms with E-state index in [1.54, 1.807) is 31.3 Å². The Morgan fingerprint density at radius 3 is 2.62 bits per heavy atom. The summed E-state index contributed by atoms with van der Waals surface area (Å²) in [6.07, 6.45) is 2.29. The number of ether oxygens (including phenoxy) is 2. The summed E-state index contributed by atoms with van der Waals surface area (Å²) in [6.45, 7) is 3.40. The van der Waals surface area contributed by atoms with Gasteiger partial charge in [-0.25, -0.2) is 0 Å². The summed E-state index contributed by atoms with van der Waals surface area (Å²) in [5.74, 6) is 0.625. The Bertz CT molecular complexity index is 844. The Labute approximate surface area is 153 Å². The molecule has 1 saturated heterocycles. The van der Waals surface area contributed by atoms with Crippen LogP contribution in [0.2, 0.25) is 0 Å². The Kier molecular flexibility index (Phi) is 5.13. The Hall–Kier alpha value is -2.60. The highest BCUT2D eigenvalue weighted by molar-refractivity contribution is 5.94. The van der Waals surface area contributed by atoms with Crippen molar-refractivity contribution < 1.29 is 14.3 Å². The van der Waals surface area contributed by atoms with Crippen LogP contribution in [0.25, 0.3) is 0 Å². The van der Waals surface area contributed by atoms with Crippen LogP contribution in [0.5, 0.6) is 5.75 Å². The van der Waals surface area contributed by atoms with Gasteiger partial charge < -0.3 is 18.9 Å². The van der Waals surface area contributed by atoms with E-state index in [-0.39, 0.29) is 11.5 Å². The molecular formula is C20H24N2O4. The highest BCUT2D eigenvalue weighted by atomic mass is 16.5. The van der Waals surface area contributed by atoms with Crippen LogP contribution in [0.15, 0.2) is 47.4 Å². The summed E-state index contributed by atoms with van der Waals surface area (Å²) in [5.41, 5.74) is 0.834. The van der Waals surface area contributed by atoms with Crippen LogP contribution in [0.4, 0.5) is 0 Å². The second kappa shape index (κ2) is 7.33. The van der Waals surface area contributed by atoms with Gasteiger partial charge in [0.15, 0.2) is 0 Å². The summed E-state index contributed by atoms with van der Waals surface area (Å²) in [6, 6.07) is 10.9. The number of benzene rings is 1. The van der Waals surface area contributed by atoms with E-state index in [2.05, 4.69) is 0 Å². The lowest BCUT2D eigenvalue weighted by Gasteiger charge is -2.28. The molecule has 1 aromatic heterocycles. The standard InChI is InChI=1S/C20H24N2O4/c1-15-4-6-17(7-5-15)26-14-20(25-3)9-11-22(13-20)19(24)16-8-10-21(2)18(23)12-16/h4-8,10,12H,9,11,13-14H2,1-3H3/t20-/m1/s1. The lowest BCUT2D eigenvalue weighted by atomic mass is 10.0. The van der Waals surface area contributed by atoms with Crippen molar-refractivity contribution in [2.75, 3.05) is 26.8 Å². The smallest absolute Gasteiger partial charge is 0.254 e. The van der Waals surface area contributed by atoms with Gasteiger partial charge in [0.25, 0.3) is 11.5 Å². The molecule has 0 bridgehead atoms. The normalized spacial score (nSPS) is 19.6. The third-order valence-corrected chi connectivity index (χ3v) is 4.91. The van der Waals surface area contributed by atoms with E-state index in [4.69, 9.17) is 9.47 Å². The number of methoxy groups -OCH3 is 1. The molecule has 1 amide bonds. The average Bonchev–Trinajstić information content (AvgIpc) is 3.08. The number of hydrogen-bond donors (Lipinski definition) is 0. The zero-order valence-corrected chi connectivity index (χ0v) is 15.4. The third-order valence-electron chi connectivity index (χ3n) is 4.91. The molecular weight excluding hydrogens is 332 g/mol. The first-order valence-electron chi connectivity index (χ1n) is 8.63. The molecule has 6 heteroatoms. The van der Waals surface area contributed by atoms with Crippen molar-refractivity contribution in [1.82, 2.24) is 9.47 Å². The van der Waals surface area contributed by atoms with E-state index in [1.165, 1.54) is 16.2 Å². The predicted molar refractivity (Wildman–Crippen MR) is 98.6 cm³/mol. The number of carbonyl (C=O) groups excluding carboxylic acids is 1. The molecule has 6 nitrogen and oxygen atoms in total. The quantitative estimate of drug-likeness (QED) is 0.822. The predicted octanol–water partition coefficient (Wildman–Crippen LogP) is 2.00. The number of likely N-dealkylation sites (tertiary alicyclic amines) is 1. The molecule has 0 radical (unpaired) electrons. The molecule has 138 valence electrons. The lowest BCUT2D eigenvalue weighted by molar-refractivity contribution is -0.0342. The van der Waals surface area contributed by atoms with E-state index in [9.17, 15) is 9.59 Å². The Morgan fingerprint density at radius 1 is 1.23 bits per heavy atom. The molecule has 0 unspecified atom stereocenters. The zero-order valence-electron chi connectivity index (χ0n) is 15.4. The number of carbonyl (C=O) groups is 1. The van der Waals surface area contributed by atoms with Crippen LogP contribution < -0.4 is 10.3 Å². The van der Waals surface area contributed by atoms with E-state index in [0.29, 0.717) is 31.7 Å². The fourth-order valence-electron chi connectivity index (χ4n) is 3.07. The number of aromatic nitrogens is 1. The molecule has 1 aliphatic heterocycles. The Morgan fingerprint density at radius 2 is 1.96 bits per heavy atom. The minimum atomic E-state index is -0.541. The van der Waals surface area contributed by atoms with Crippen molar-refractivity contribution in [3.8, 4) is 5.75 Å². The summed E-state index contributed by atoms with van der Waals surface area (Å²) in [4.78, 5) is 26.2. The van der Waals surface area contributed by atoms with Crippen molar-refractivity contribution in [2.24, 2.45) is 7.05 Å². The fraction of sp³-hybridized carbons (Fsp3) is 0.400. The Balaban J connectivity index is 1.67. The second-order valence-electron chi connectivity index (χ2n) is 6.83. The number of pyridine rings is 1. The molecule has 26 heavy (non-hydrogen) atoms. The molecule has 1 aliphatic rings. The largest absolute Gasteiger partial charge is 0.491 e. The first-order chi connectivity index (χ1) is 12.4. The summed E-state index contributed by atoms with van der Waals surface area (Å²) in [7, 11) is 3.30. The minimum Gasteiger partial charge on any atom is -0.491 e. The van der Waals surface area contributed by atoms with Gasteiger partial charge in [-0.1, -0.05) is 17.7 Å². The molecule has 2 heterocycles. The van der Waals surface area contributed by atoms with Crippen molar-refractivity contribution in [1.29, 1.82) is 0 Å². The monoisotopic (exact) mass is 356 g/mol. The van der Waals surface area contributed by atoms with Gasteiger partial charge in [0, 0.05) is 38.5 Å². The van der Waals surface area contributed by atoms with Gasteiger partial charge in [0.2, 0.25) is 0 Å². The van der Waals surface area contributed by atoms with Gasteiger partial charge in [-0.15, -0.1) is 0 Å². The molecule has 0 spiro atoms. The summed E-state index contributed by atoms with van der Waals surface area (Å²) >= 11 is 0. The number of aryl methyl sites for hydroxylation is 2. The van der Waals surface area contributed by atoms with Crippen LogP contribution in [0.1, 0.15) is 22.3 Å². The maximum absolute atomic E-state index is 12.7. The molecule has 0 N–H and O–H groups in total. The SMILES string of the molecule is CO[C@]1(COc2ccc(C)cc2)CCN(C(=O)c2ccn(C)c(=O)c2)C1. The molecule has 3 rings (SSSR count). The molecule has 0 aliphatic carbocycles. The fourth-order valence-corrected chi connectivity index (χ4v) is 3.07. The topological polar surface area (TPSA) is 60.8 Å². The van der Waals surface area contributed by atoms with Gasteiger partial charge in [0.05, 0.1) is 6.54 Å². The van der Waals surface area contributed by atoms with Crippen molar-refractivity contribution in [3.63, 3.8) is 0 Å². The van der Waals surface area contributed by atoms with Crippen LogP contribution in [-0.2, 0) is 11.8 Å². The zero-order chi connectivity index (χ0) is 18.7. The molecule has 2 aromatic rings. The summed E-state index contributed by atoms with van der Waals surface area (Å²) in [5, 5.41) is 0. The van der Waals surface area contributed by atoms with Crippen LogP contribution >= 0.6 is 0 Å². The second-order valence-corrected chi connectivity index (χ2v) is 6.83. The molecule has 0 saturated carbocycles. The van der Waals surface area contributed by atoms with E-state index in [0.717, 1.165) is 5.75 Å². The first kappa shape index (κ1) is 18.2. The number of amides is 1. The van der Waals surface area contributed by atoms with E-state index >= 15 is 0 Å². The molecule has 1 fully saturated rings. The van der Waals surface area contributed by atoms with Crippen molar-refractivity contribution in [3.05, 3.63) is 64.1 Å². The highest BCUT2D eigenvalue weighted by Crippen LogP contribution is 2.27. The van der Waals surface area contributed by atoms with Gasteiger partial charge >= 0.3 is 0 Å². The van der Waals surface area contributed by atoms with Crippen LogP contribution in [0.3, 0.4) is 0 Å². The van der Waals surface area contributed by atoms with Gasteiger partial charge in [-0.2, -0.15) is 0 Å². The number of hydrogen-bond acceptors (Lipinski definition) is 4. The average molecular weight is 356 g/mol. The maximum atomic E-state index is 12.7. The highest BCUT2D eigenvalue weighted by Gasteiger charge is 2.41. The van der Waals surface area contributed by atoms with Gasteiger partial charge in [-0.3, -0.25) is 9.59 Å². The summed E-state index contributed by atoms with van der Waals surface area (Å²) < 4.78 is 13.1. The van der Waals surface area contributed by atoms with Crippen molar-refractivity contribution in [2.45, 2.75) is 18.9 Å². The van der Waals surface area contributed by atoms with Gasteiger partial charge in [-0.05, 0) is 31.5 Å². The molecule has 1 atom stereocenters. The first-order valence-corrected chi connectivity index (χ1v) is 8.63. The van der Waals surface area contributed by atoms with Crippen molar-refractivity contribution >= 4 is 5.91 Å². The molecule has 1 aromatic carbocycles. The number of rotatable bonds is 5. The maximum Gasteiger partial charge on any atom is 0.254 e. The lowest BCUT2D eigenvalue weighted by Crippen LogP contribution is -2.42. The number of nitrogens with zero attached hydrogens (tertiary/aromatic N) is 2. The van der Waals surface area contributed by atoms with E-state index in [1.807, 2.05) is 31.2 Å². The van der Waals surface area contributed by atoms with Crippen LogP contribution in [0, 0.1) is 6.92 Å².